The summed E-state index contributed by atoms with van der Waals surface area (Å²) in [7, 11) is 0. The Hall–Kier alpha value is -1.02. The molecule has 0 saturated heterocycles. The van der Waals surface area contributed by atoms with Crippen LogP contribution in [-0.4, -0.2) is 17.0 Å². The van der Waals surface area contributed by atoms with Crippen molar-refractivity contribution in [2.45, 2.75) is 53.6 Å². The van der Waals surface area contributed by atoms with E-state index in [4.69, 9.17) is 4.74 Å². The van der Waals surface area contributed by atoms with Crippen molar-refractivity contribution in [2.75, 3.05) is 0 Å². The van der Waals surface area contributed by atoms with Crippen LogP contribution >= 0.6 is 0 Å². The van der Waals surface area contributed by atoms with Crippen molar-refractivity contribution in [1.82, 2.24) is 4.90 Å². The maximum absolute atomic E-state index is 5.73. The molecule has 1 rings (SSSR count). The SMILES string of the molecule is Cc1cccc(C)c1O[C]N(C(C)C)C(C)C. The van der Waals surface area contributed by atoms with Crippen LogP contribution in [0.25, 0.3) is 0 Å². The lowest BCUT2D eigenvalue weighted by Crippen LogP contribution is -2.36. The van der Waals surface area contributed by atoms with Crippen molar-refractivity contribution in [3.63, 3.8) is 0 Å². The highest BCUT2D eigenvalue weighted by molar-refractivity contribution is 5.39. The minimum absolute atomic E-state index is 0.388. The van der Waals surface area contributed by atoms with E-state index in [2.05, 4.69) is 65.3 Å². The van der Waals surface area contributed by atoms with E-state index in [1.165, 1.54) is 0 Å². The van der Waals surface area contributed by atoms with E-state index >= 15 is 0 Å². The molecule has 0 aliphatic heterocycles. The highest BCUT2D eigenvalue weighted by Gasteiger charge is 2.17. The molecule has 2 nitrogen and oxygen atoms in total. The van der Waals surface area contributed by atoms with Crippen LogP contribution in [-0.2, 0) is 0 Å². The monoisotopic (exact) mass is 233 g/mol. The Morgan fingerprint density at radius 1 is 1.00 bits per heavy atom. The lowest BCUT2D eigenvalue weighted by atomic mass is 10.1. The Morgan fingerprint density at radius 3 is 1.88 bits per heavy atom. The highest BCUT2D eigenvalue weighted by Crippen LogP contribution is 2.24. The van der Waals surface area contributed by atoms with E-state index in [1.54, 1.807) is 0 Å². The second-order valence-electron chi connectivity index (χ2n) is 5.01. The Balaban J connectivity index is 2.72. The standard InChI is InChI=1S/C15H23NO/c1-11(2)16(12(3)4)10-17-15-13(5)8-7-9-14(15)6/h7-9,11-12H,1-6H3. The zero-order chi connectivity index (χ0) is 13.0. The van der Waals surface area contributed by atoms with Crippen molar-refractivity contribution in [2.24, 2.45) is 0 Å². The molecule has 0 amide bonds. The topological polar surface area (TPSA) is 12.5 Å². The number of benzene rings is 1. The molecule has 0 bridgehead atoms. The maximum atomic E-state index is 5.73. The number of ether oxygens (including phenoxy) is 1. The summed E-state index contributed by atoms with van der Waals surface area (Å²) in [5.41, 5.74) is 2.29. The minimum Gasteiger partial charge on any atom is -0.460 e. The zero-order valence-electron chi connectivity index (χ0n) is 11.7. The number of nitrogens with zero attached hydrogens (tertiary/aromatic N) is 1. The zero-order valence-corrected chi connectivity index (χ0v) is 11.7. The van der Waals surface area contributed by atoms with Crippen LogP contribution in [0.15, 0.2) is 18.2 Å². The Kier molecular flexibility index (Phi) is 5.01. The number of para-hydroxylation sites is 1. The van der Waals surface area contributed by atoms with Gasteiger partial charge in [-0.1, -0.05) is 18.2 Å². The Morgan fingerprint density at radius 2 is 1.47 bits per heavy atom. The van der Waals surface area contributed by atoms with Gasteiger partial charge in [-0.15, -0.1) is 0 Å². The second-order valence-corrected chi connectivity index (χ2v) is 5.01. The molecule has 17 heavy (non-hydrogen) atoms. The van der Waals surface area contributed by atoms with Crippen LogP contribution in [0.5, 0.6) is 5.75 Å². The number of rotatable bonds is 5. The number of aryl methyl sites for hydroxylation is 2. The molecular formula is C15H23NO. The van der Waals surface area contributed by atoms with Gasteiger partial charge in [-0.2, -0.15) is 0 Å². The van der Waals surface area contributed by atoms with Crippen LogP contribution in [0.4, 0.5) is 0 Å². The average Bonchev–Trinajstić information content (AvgIpc) is 2.21. The fourth-order valence-corrected chi connectivity index (χ4v) is 1.87. The molecule has 0 aliphatic rings. The van der Waals surface area contributed by atoms with E-state index in [9.17, 15) is 0 Å². The van der Waals surface area contributed by atoms with Gasteiger partial charge in [0.15, 0.2) is 0 Å². The van der Waals surface area contributed by atoms with Crippen LogP contribution in [0, 0.1) is 20.6 Å². The first-order valence-corrected chi connectivity index (χ1v) is 6.20. The van der Waals surface area contributed by atoms with Crippen molar-refractivity contribution in [1.29, 1.82) is 0 Å². The minimum atomic E-state index is 0.388. The van der Waals surface area contributed by atoms with Gasteiger partial charge in [0, 0.05) is 12.1 Å². The van der Waals surface area contributed by atoms with Crippen molar-refractivity contribution in [3.8, 4) is 5.75 Å². The molecule has 0 aliphatic carbocycles. The Bertz CT molecular complexity index is 330. The fourth-order valence-electron chi connectivity index (χ4n) is 1.87. The van der Waals surface area contributed by atoms with Crippen LogP contribution in [0.1, 0.15) is 38.8 Å². The van der Waals surface area contributed by atoms with Crippen LogP contribution < -0.4 is 4.74 Å². The summed E-state index contributed by atoms with van der Waals surface area (Å²) in [6, 6.07) is 6.93. The molecule has 0 aromatic heterocycles. The molecule has 1 aromatic carbocycles. The second kappa shape index (κ2) is 6.06. The van der Waals surface area contributed by atoms with E-state index in [0.717, 1.165) is 16.9 Å². The molecule has 0 unspecified atom stereocenters. The largest absolute Gasteiger partial charge is 0.460 e. The molecule has 0 N–H and O–H groups in total. The maximum Gasteiger partial charge on any atom is 0.283 e. The average molecular weight is 233 g/mol. The number of hydrogen-bond donors (Lipinski definition) is 0. The third kappa shape index (κ3) is 3.74. The van der Waals surface area contributed by atoms with Gasteiger partial charge in [0.2, 0.25) is 0 Å². The molecule has 0 heterocycles. The van der Waals surface area contributed by atoms with Gasteiger partial charge in [0.05, 0.1) is 0 Å². The predicted molar refractivity (Wildman–Crippen MR) is 71.9 cm³/mol. The lowest BCUT2D eigenvalue weighted by Gasteiger charge is -2.28. The Labute approximate surface area is 106 Å². The predicted octanol–water partition coefficient (Wildman–Crippen LogP) is 3.80. The molecule has 94 valence electrons. The first-order chi connectivity index (χ1) is 7.93. The molecule has 1 aromatic rings. The first kappa shape index (κ1) is 14.0. The lowest BCUT2D eigenvalue weighted by molar-refractivity contribution is 0.133. The summed E-state index contributed by atoms with van der Waals surface area (Å²) in [5, 5.41) is 0. The molecule has 0 fully saturated rings. The van der Waals surface area contributed by atoms with Gasteiger partial charge in [0.1, 0.15) is 5.75 Å². The first-order valence-electron chi connectivity index (χ1n) is 6.20. The molecule has 2 heteroatoms. The van der Waals surface area contributed by atoms with E-state index in [-0.39, 0.29) is 0 Å². The quantitative estimate of drug-likeness (QED) is 0.717. The third-order valence-electron chi connectivity index (χ3n) is 2.77. The van der Waals surface area contributed by atoms with E-state index < -0.39 is 0 Å². The van der Waals surface area contributed by atoms with Gasteiger partial charge >= 0.3 is 0 Å². The van der Waals surface area contributed by atoms with Crippen molar-refractivity contribution < 1.29 is 4.74 Å². The van der Waals surface area contributed by atoms with Gasteiger partial charge in [-0.3, -0.25) is 4.90 Å². The highest BCUT2D eigenvalue weighted by atomic mass is 16.5. The third-order valence-corrected chi connectivity index (χ3v) is 2.77. The fraction of sp³-hybridized carbons (Fsp3) is 0.533. The number of hydrogen-bond acceptors (Lipinski definition) is 2. The normalized spacial score (nSPS) is 11.6. The van der Waals surface area contributed by atoms with E-state index in [0.29, 0.717) is 12.1 Å². The van der Waals surface area contributed by atoms with Crippen LogP contribution in [0.2, 0.25) is 0 Å². The summed E-state index contributed by atoms with van der Waals surface area (Å²) >= 11 is 0. The van der Waals surface area contributed by atoms with E-state index in [1.807, 2.05) is 6.07 Å². The molecular weight excluding hydrogens is 210 g/mol. The smallest absolute Gasteiger partial charge is 0.283 e. The van der Waals surface area contributed by atoms with Gasteiger partial charge < -0.3 is 4.74 Å². The summed E-state index contributed by atoms with van der Waals surface area (Å²) in [6.07, 6.45) is 0. The van der Waals surface area contributed by atoms with Crippen molar-refractivity contribution >= 4 is 0 Å². The molecule has 0 spiro atoms. The summed E-state index contributed by atoms with van der Waals surface area (Å²) in [4.78, 5) is 2.09. The van der Waals surface area contributed by atoms with Gasteiger partial charge in [-0.05, 0) is 52.7 Å². The molecule has 0 atom stereocenters. The molecule has 2 radical (unpaired) electrons. The summed E-state index contributed by atoms with van der Waals surface area (Å²) in [5.74, 6) is 0.916. The summed E-state index contributed by atoms with van der Waals surface area (Å²) in [6.45, 7) is 15.7. The van der Waals surface area contributed by atoms with Crippen LogP contribution in [0.3, 0.4) is 0 Å². The van der Waals surface area contributed by atoms with Gasteiger partial charge in [0.25, 0.3) is 6.73 Å². The van der Waals surface area contributed by atoms with Gasteiger partial charge in [-0.25, -0.2) is 0 Å². The molecule has 0 saturated carbocycles. The van der Waals surface area contributed by atoms with Crippen molar-refractivity contribution in [3.05, 3.63) is 36.1 Å². The summed E-state index contributed by atoms with van der Waals surface area (Å²) < 4.78 is 5.73.